The predicted octanol–water partition coefficient (Wildman–Crippen LogP) is 6.45. The molecule has 1 heterocycles. The Bertz CT molecular complexity index is 992. The van der Waals surface area contributed by atoms with E-state index in [-0.39, 0.29) is 23.8 Å². The molecule has 0 unspecified atom stereocenters. The van der Waals surface area contributed by atoms with Crippen molar-refractivity contribution in [3.8, 4) is 0 Å². The van der Waals surface area contributed by atoms with E-state index in [0.29, 0.717) is 34.3 Å². The number of alkyl halides is 1. The van der Waals surface area contributed by atoms with Crippen LogP contribution < -0.4 is 0 Å². The minimum atomic E-state index is -1.02. The molecule has 4 nitrogen and oxygen atoms in total. The summed E-state index contributed by atoms with van der Waals surface area (Å²) in [5.41, 5.74) is 2.96. The van der Waals surface area contributed by atoms with E-state index in [9.17, 15) is 14.7 Å². The van der Waals surface area contributed by atoms with Crippen molar-refractivity contribution in [3.05, 3.63) is 70.5 Å². The third kappa shape index (κ3) is 5.28. The molecule has 0 spiro atoms. The lowest BCUT2D eigenvalue weighted by atomic mass is 9.96. The Hall–Kier alpha value is -2.11. The highest BCUT2D eigenvalue weighted by Gasteiger charge is 2.22. The number of carboxylic acid groups (broad SMARTS) is 1. The van der Waals surface area contributed by atoms with Gasteiger partial charge in [0.05, 0.1) is 11.1 Å². The maximum absolute atomic E-state index is 13.3. The summed E-state index contributed by atoms with van der Waals surface area (Å²) in [6.45, 7) is 2.08. The highest BCUT2D eigenvalue weighted by atomic mass is 79.9. The summed E-state index contributed by atoms with van der Waals surface area (Å²) in [4.78, 5) is 24.7. The van der Waals surface area contributed by atoms with E-state index in [1.54, 1.807) is 6.07 Å². The number of carbonyl (C=O) groups is 2. The zero-order chi connectivity index (χ0) is 20.1. The van der Waals surface area contributed by atoms with Gasteiger partial charge >= 0.3 is 5.97 Å². The lowest BCUT2D eigenvalue weighted by Crippen LogP contribution is -2.05. The number of carboxylic acids is 1. The zero-order valence-corrected chi connectivity index (χ0v) is 18.6. The molecule has 154 valence electrons. The molecule has 6 heteroatoms. The van der Waals surface area contributed by atoms with Crippen LogP contribution in [0.1, 0.15) is 63.8 Å². The molecule has 29 heavy (non-hydrogen) atoms. The van der Waals surface area contributed by atoms with Crippen LogP contribution in [0.5, 0.6) is 0 Å². The molecule has 0 saturated heterocycles. The van der Waals surface area contributed by atoms with E-state index in [4.69, 9.17) is 4.42 Å². The fourth-order valence-corrected chi connectivity index (χ4v) is 3.56. The predicted molar refractivity (Wildman–Crippen MR) is 121 cm³/mol. The van der Waals surface area contributed by atoms with Crippen LogP contribution in [0.3, 0.4) is 0 Å². The number of carbonyl (C=O) groups excluding carboxylic acids is 1. The second-order valence-corrected chi connectivity index (χ2v) is 7.63. The molecule has 0 atom stereocenters. The van der Waals surface area contributed by atoms with Crippen LogP contribution in [-0.4, -0.2) is 22.2 Å². The molecule has 0 aliphatic heterocycles. The molecule has 0 amide bonds. The summed E-state index contributed by atoms with van der Waals surface area (Å²) in [7, 11) is 0. The van der Waals surface area contributed by atoms with Gasteiger partial charge in [-0.1, -0.05) is 53.5 Å². The molecule has 1 N–H and O–H groups in total. The number of unbranched alkanes of at least 4 members (excludes halogenated alkanes) is 1. The number of furan rings is 1. The van der Waals surface area contributed by atoms with Crippen LogP contribution in [0.2, 0.25) is 0 Å². The van der Waals surface area contributed by atoms with Crippen molar-refractivity contribution in [1.29, 1.82) is 0 Å². The molecule has 0 aliphatic carbocycles. The minimum absolute atomic E-state index is 0. The molecule has 0 fully saturated rings. The van der Waals surface area contributed by atoms with E-state index >= 15 is 0 Å². The molecule has 2 aromatic carbocycles. The van der Waals surface area contributed by atoms with Crippen LogP contribution in [0.25, 0.3) is 11.0 Å². The van der Waals surface area contributed by atoms with Crippen LogP contribution in [-0.2, 0) is 12.8 Å². The van der Waals surface area contributed by atoms with Crippen molar-refractivity contribution in [2.45, 2.75) is 39.0 Å². The molecule has 0 bridgehead atoms. The lowest BCUT2D eigenvalue weighted by Gasteiger charge is -2.05. The average molecular weight is 480 g/mol. The summed E-state index contributed by atoms with van der Waals surface area (Å²) in [6, 6.07) is 12.3. The first-order valence-corrected chi connectivity index (χ1v) is 10.7. The molecular formula is C23H24BrClO4. The quantitative estimate of drug-likeness (QED) is 0.283. The van der Waals surface area contributed by atoms with Crippen LogP contribution in [0.4, 0.5) is 0 Å². The number of aryl methyl sites for hydroxylation is 2. The average Bonchev–Trinajstić information content (AvgIpc) is 3.07. The van der Waals surface area contributed by atoms with E-state index in [2.05, 4.69) is 22.9 Å². The number of hydrogen-bond donors (Lipinski definition) is 1. The largest absolute Gasteiger partial charge is 0.478 e. The van der Waals surface area contributed by atoms with Crippen LogP contribution >= 0.6 is 28.3 Å². The Morgan fingerprint density at radius 2 is 1.69 bits per heavy atom. The summed E-state index contributed by atoms with van der Waals surface area (Å²) in [5.74, 6) is -0.514. The van der Waals surface area contributed by atoms with E-state index in [0.717, 1.165) is 31.0 Å². The molecule has 0 saturated carbocycles. The van der Waals surface area contributed by atoms with E-state index < -0.39 is 5.97 Å². The topological polar surface area (TPSA) is 67.5 Å². The summed E-state index contributed by atoms with van der Waals surface area (Å²) < 4.78 is 5.94. The van der Waals surface area contributed by atoms with Gasteiger partial charge in [0.25, 0.3) is 0 Å². The van der Waals surface area contributed by atoms with Gasteiger partial charge in [-0.05, 0) is 43.0 Å². The minimum Gasteiger partial charge on any atom is -0.478 e. The van der Waals surface area contributed by atoms with Gasteiger partial charge in [-0.2, -0.15) is 0 Å². The molecular weight excluding hydrogens is 456 g/mol. The number of aromatic carboxylic acids is 1. The van der Waals surface area contributed by atoms with Crippen molar-refractivity contribution in [2.75, 3.05) is 5.33 Å². The van der Waals surface area contributed by atoms with E-state index in [1.165, 1.54) is 17.7 Å². The van der Waals surface area contributed by atoms with Gasteiger partial charge in [0.1, 0.15) is 11.3 Å². The maximum Gasteiger partial charge on any atom is 0.335 e. The summed E-state index contributed by atoms with van der Waals surface area (Å²) in [5, 5.41) is 10.8. The van der Waals surface area contributed by atoms with Gasteiger partial charge in [0.15, 0.2) is 5.78 Å². The van der Waals surface area contributed by atoms with Crippen LogP contribution in [0.15, 0.2) is 46.9 Å². The molecule has 3 rings (SSSR count). The first-order valence-electron chi connectivity index (χ1n) is 9.53. The van der Waals surface area contributed by atoms with E-state index in [1.807, 2.05) is 24.3 Å². The third-order valence-corrected chi connectivity index (χ3v) is 5.37. The lowest BCUT2D eigenvalue weighted by molar-refractivity contribution is 0.0696. The molecule has 0 aliphatic rings. The Morgan fingerprint density at radius 3 is 2.31 bits per heavy atom. The number of halogens is 2. The van der Waals surface area contributed by atoms with Crippen LogP contribution in [0, 0.1) is 0 Å². The fourth-order valence-electron chi connectivity index (χ4n) is 3.28. The number of ketones is 1. The van der Waals surface area contributed by atoms with Gasteiger partial charge in [0.2, 0.25) is 0 Å². The molecule has 1 aromatic heterocycles. The standard InChI is InChI=1S/C23H23BrO4.ClH/c1-2-3-6-20-21(18-14-17(23(26)27)11-12-19(18)28-20)22(25)16-9-7-15(8-10-16)5-4-13-24;/h7-12,14H,2-6,13H2,1H3,(H,26,27);1H. The highest BCUT2D eigenvalue weighted by molar-refractivity contribution is 9.09. The van der Waals surface area contributed by atoms with Crippen molar-refractivity contribution >= 4 is 51.1 Å². The summed E-state index contributed by atoms with van der Waals surface area (Å²) in [6.07, 6.45) is 4.53. The normalized spacial score (nSPS) is 10.7. The van der Waals surface area contributed by atoms with Gasteiger partial charge in [-0.25, -0.2) is 4.79 Å². The number of rotatable bonds is 9. The Morgan fingerprint density at radius 1 is 1.00 bits per heavy atom. The monoisotopic (exact) mass is 478 g/mol. The van der Waals surface area contributed by atoms with Crippen molar-refractivity contribution < 1.29 is 19.1 Å². The number of benzene rings is 2. The second kappa shape index (κ2) is 10.6. The SMILES string of the molecule is CCCCc1oc2ccc(C(=O)O)cc2c1C(=O)c1ccc(CCCBr)cc1.Cl. The summed E-state index contributed by atoms with van der Waals surface area (Å²) >= 11 is 3.43. The van der Waals surface area contributed by atoms with Gasteiger partial charge < -0.3 is 9.52 Å². The molecule has 0 radical (unpaired) electrons. The third-order valence-electron chi connectivity index (χ3n) is 4.81. The van der Waals surface area contributed by atoms with Gasteiger partial charge in [0, 0.05) is 22.7 Å². The smallest absolute Gasteiger partial charge is 0.335 e. The van der Waals surface area contributed by atoms with Crippen molar-refractivity contribution in [1.82, 2.24) is 0 Å². The van der Waals surface area contributed by atoms with Crippen molar-refractivity contribution in [3.63, 3.8) is 0 Å². The first kappa shape index (κ1) is 23.2. The molecule has 3 aromatic rings. The van der Waals surface area contributed by atoms with Gasteiger partial charge in [-0.15, -0.1) is 12.4 Å². The number of fused-ring (bicyclic) bond motifs is 1. The fraction of sp³-hybridized carbons (Fsp3) is 0.304. The Kier molecular flexibility index (Phi) is 8.47. The Labute approximate surface area is 184 Å². The number of hydrogen-bond acceptors (Lipinski definition) is 3. The van der Waals surface area contributed by atoms with Gasteiger partial charge in [-0.3, -0.25) is 4.79 Å². The zero-order valence-electron chi connectivity index (χ0n) is 16.2. The maximum atomic E-state index is 13.3. The highest BCUT2D eigenvalue weighted by Crippen LogP contribution is 2.30. The van der Waals surface area contributed by atoms with Crippen molar-refractivity contribution in [2.24, 2.45) is 0 Å². The second-order valence-electron chi connectivity index (χ2n) is 6.84. The Balaban J connectivity index is 0.00000300. The first-order chi connectivity index (χ1) is 13.5.